The molecule has 0 bridgehead atoms. The van der Waals surface area contributed by atoms with Crippen LogP contribution >= 0.6 is 0 Å². The van der Waals surface area contributed by atoms with E-state index in [0.717, 1.165) is 0 Å². The third-order valence-electron chi connectivity index (χ3n) is 9.70. The number of carbonyl (C=O) groups is 4. The predicted octanol–water partition coefficient (Wildman–Crippen LogP) is 6.19. The largest absolute Gasteiger partial charge is 0.377 e. The highest BCUT2D eigenvalue weighted by molar-refractivity contribution is 6.05. The number of benzene rings is 2. The van der Waals surface area contributed by atoms with Gasteiger partial charge in [-0.2, -0.15) is 0 Å². The molecule has 0 aliphatic heterocycles. The van der Waals surface area contributed by atoms with E-state index in [-0.39, 0.29) is 63.1 Å². The van der Waals surface area contributed by atoms with Crippen LogP contribution in [-0.4, -0.2) is 137 Å². The van der Waals surface area contributed by atoms with Crippen molar-refractivity contribution in [3.8, 4) is 0 Å². The molecule has 4 atom stereocenters. The summed E-state index contributed by atoms with van der Waals surface area (Å²) in [5.74, 6) is -2.12. The summed E-state index contributed by atoms with van der Waals surface area (Å²) in [6.45, 7) is 12.1. The average molecular weight is 1080 g/mol. The van der Waals surface area contributed by atoms with E-state index in [1.807, 2.05) is 13.8 Å². The maximum absolute atomic E-state index is 13.2. The topological polar surface area (TPSA) is 347 Å². The number of hydrogen-bond acceptors (Lipinski definition) is 16. The van der Waals surface area contributed by atoms with E-state index in [1.54, 1.807) is 124 Å². The van der Waals surface area contributed by atoms with E-state index in [1.165, 1.54) is 24.3 Å². The average Bonchev–Trinajstić information content (AvgIpc) is 3.42. The minimum Gasteiger partial charge on any atom is -0.377 e. The van der Waals surface area contributed by atoms with Gasteiger partial charge < -0.3 is 61.2 Å². The normalized spacial score (nSPS) is 12.9. The molecule has 2 heterocycles. The van der Waals surface area contributed by atoms with Crippen LogP contribution in [0, 0.1) is 0 Å². The number of hydrogen-bond donors (Lipinski definition) is 6. The van der Waals surface area contributed by atoms with Crippen molar-refractivity contribution in [1.82, 2.24) is 31.2 Å². The number of azide groups is 2. The Morgan fingerprint density at radius 3 is 1.19 bits per heavy atom. The lowest BCUT2D eigenvalue weighted by Gasteiger charge is -2.17. The number of nitrogens with zero attached hydrogens (tertiary/aromatic N) is 8. The number of aromatic nitrogens is 2. The number of nitrogens with two attached hydrogens (primary N) is 2. The van der Waals surface area contributed by atoms with Gasteiger partial charge in [-0.3, -0.25) is 29.1 Å². The zero-order chi connectivity index (χ0) is 56.6. The van der Waals surface area contributed by atoms with Gasteiger partial charge in [0, 0.05) is 82.3 Å². The Bertz CT molecular complexity index is 2440. The molecule has 2 aromatic heterocycles. The maximum atomic E-state index is 13.2. The molecule has 0 spiro atoms. The van der Waals surface area contributed by atoms with Crippen molar-refractivity contribution >= 4 is 59.3 Å². The number of rotatable bonds is 34. The van der Waals surface area contributed by atoms with Crippen LogP contribution in [0.5, 0.6) is 0 Å². The summed E-state index contributed by atoms with van der Waals surface area (Å²) in [6.07, 6.45) is 15.0. The zero-order valence-electron chi connectivity index (χ0n) is 44.3. The molecule has 416 valence electrons. The molecule has 24 nitrogen and oxygen atoms in total. The monoisotopic (exact) mass is 1070 g/mol. The summed E-state index contributed by atoms with van der Waals surface area (Å²) in [7, 11) is 0. The maximum Gasteiger partial charge on any atom is 0.268 e. The Morgan fingerprint density at radius 2 is 0.872 bits per heavy atom. The third-order valence-corrected chi connectivity index (χ3v) is 9.70. The highest BCUT2D eigenvalue weighted by Gasteiger charge is 2.17. The van der Waals surface area contributed by atoms with Crippen LogP contribution in [0.15, 0.2) is 131 Å². The lowest BCUT2D eigenvalue weighted by Crippen LogP contribution is -2.41. The van der Waals surface area contributed by atoms with Gasteiger partial charge in [-0.25, -0.2) is 0 Å². The highest BCUT2D eigenvalue weighted by atomic mass is 16.5. The van der Waals surface area contributed by atoms with Crippen LogP contribution in [0.4, 0.5) is 11.4 Å². The molecular formula is C54H70N14O10. The molecule has 2 aromatic carbocycles. The van der Waals surface area contributed by atoms with E-state index in [4.69, 9.17) is 51.0 Å². The Balaban J connectivity index is 0.000000924. The number of nitrogens with one attached hydrogen (secondary N) is 4. The van der Waals surface area contributed by atoms with Crippen molar-refractivity contribution in [3.63, 3.8) is 0 Å². The summed E-state index contributed by atoms with van der Waals surface area (Å²) < 4.78 is 32.7. The van der Waals surface area contributed by atoms with Gasteiger partial charge in [0.2, 0.25) is 11.8 Å². The fourth-order valence-electron chi connectivity index (χ4n) is 6.09. The fraction of sp³-hybridized carbons (Fsp3) is 0.370. The molecule has 78 heavy (non-hydrogen) atoms. The summed E-state index contributed by atoms with van der Waals surface area (Å²) in [5.41, 5.74) is 31.6. The summed E-state index contributed by atoms with van der Waals surface area (Å²) in [5, 5.41) is 17.9. The number of carbonyl (C=O) groups excluding carboxylic acids is 4. The van der Waals surface area contributed by atoms with E-state index in [9.17, 15) is 19.2 Å². The van der Waals surface area contributed by atoms with Crippen LogP contribution in [-0.2, 0) is 47.6 Å². The molecule has 0 saturated carbocycles. The second-order valence-corrected chi connectivity index (χ2v) is 17.1. The minimum absolute atomic E-state index is 0.00582. The van der Waals surface area contributed by atoms with Gasteiger partial charge in [0.05, 0.1) is 79.3 Å². The van der Waals surface area contributed by atoms with Gasteiger partial charge >= 0.3 is 0 Å². The van der Waals surface area contributed by atoms with Gasteiger partial charge in [-0.1, -0.05) is 70.9 Å². The van der Waals surface area contributed by atoms with E-state index < -0.39 is 35.7 Å². The van der Waals surface area contributed by atoms with Crippen molar-refractivity contribution in [2.75, 3.05) is 79.3 Å². The Kier molecular flexibility index (Phi) is 32.3. The molecule has 4 aromatic rings. The number of ether oxygens (including phenoxy) is 6. The van der Waals surface area contributed by atoms with Gasteiger partial charge in [0.25, 0.3) is 11.8 Å². The van der Waals surface area contributed by atoms with Crippen LogP contribution in [0.2, 0.25) is 0 Å². The summed E-state index contributed by atoms with van der Waals surface area (Å²) in [4.78, 5) is 65.6. The Labute approximate surface area is 453 Å². The van der Waals surface area contributed by atoms with Crippen molar-refractivity contribution < 1.29 is 47.6 Å². The first-order valence-electron chi connectivity index (χ1n) is 24.9. The van der Waals surface area contributed by atoms with Crippen molar-refractivity contribution in [1.29, 1.82) is 0 Å². The molecular weight excluding hydrogens is 1000 g/mol. The molecule has 4 rings (SSSR count). The van der Waals surface area contributed by atoms with Crippen molar-refractivity contribution in [3.05, 3.63) is 164 Å². The van der Waals surface area contributed by atoms with E-state index in [0.29, 0.717) is 73.3 Å². The molecule has 0 fully saturated rings. The van der Waals surface area contributed by atoms with Gasteiger partial charge in [-0.15, -0.1) is 0 Å². The second kappa shape index (κ2) is 39.3. The molecule has 24 heteroatoms. The number of amides is 4. The number of pyridine rings is 2. The first-order valence-corrected chi connectivity index (χ1v) is 24.9. The first kappa shape index (κ1) is 64.2. The van der Waals surface area contributed by atoms with Crippen molar-refractivity contribution in [2.45, 2.75) is 51.9 Å². The molecule has 0 radical (unpaired) electrons. The highest BCUT2D eigenvalue weighted by Crippen LogP contribution is 2.15. The van der Waals surface area contributed by atoms with Crippen LogP contribution in [0.1, 0.15) is 49.9 Å². The molecule has 0 saturated heterocycles. The standard InChI is InChI=1S/C44H46N12O7.C10H24N2O3/c1-31(49-43(59)39(25-35-5-3-19-47-27-35)51-41(57)17-11-33-7-13-37(14-8-33)53-55-45)29-62-23-21-61-22-24-63-30-32(2)50-44(60)40(26-36-6-4-20-48-28-36)52-42(58)18-12-34-9-15-38(16-10-34)54-56-46;1-9(11)7-14-5-3-13-4-6-15-8-10(2)12/h3-20,25-28,31-32H,21-24,29-30H2,1-2H3,(H,49,59)(H,50,60)(H,51,57)(H,52,58);9-10H,3-8,11-12H2,1-2H3/b17-11+,18-12+,39-25-,40-26-;. The molecule has 4 unspecified atom stereocenters. The summed E-state index contributed by atoms with van der Waals surface area (Å²) in [6, 6.07) is 19.4. The summed E-state index contributed by atoms with van der Waals surface area (Å²) >= 11 is 0. The van der Waals surface area contributed by atoms with E-state index in [2.05, 4.69) is 51.3 Å². The lowest BCUT2D eigenvalue weighted by molar-refractivity contribution is -0.121. The zero-order valence-corrected chi connectivity index (χ0v) is 44.3. The van der Waals surface area contributed by atoms with Crippen LogP contribution in [0.3, 0.4) is 0 Å². The Hall–Kier alpha value is -8.12. The quantitative estimate of drug-likeness (QED) is 0.00999. The Morgan fingerprint density at radius 1 is 0.526 bits per heavy atom. The van der Waals surface area contributed by atoms with E-state index >= 15 is 0 Å². The minimum atomic E-state index is -0.535. The van der Waals surface area contributed by atoms with Gasteiger partial charge in [0.1, 0.15) is 11.4 Å². The smallest absolute Gasteiger partial charge is 0.268 e. The SMILES string of the molecule is CC(COCCOCCOCC(C)NC(=O)/C(=C/c1cccnc1)NC(=O)/C=C/c1ccc(N=[N+]=[N-])cc1)NC(=O)/C(=C/c1cccnc1)NC(=O)/C=C/c1ccc(N=[N+]=[N-])cc1.CC(N)COCCOCCOCC(C)N. The van der Waals surface area contributed by atoms with Crippen LogP contribution in [0.25, 0.3) is 45.2 Å². The predicted molar refractivity (Wildman–Crippen MR) is 297 cm³/mol. The molecule has 8 N–H and O–H groups in total. The molecule has 0 aliphatic rings. The second-order valence-electron chi connectivity index (χ2n) is 17.1. The lowest BCUT2D eigenvalue weighted by atomic mass is 10.2. The van der Waals surface area contributed by atoms with Gasteiger partial charge in [0.15, 0.2) is 0 Å². The van der Waals surface area contributed by atoms with Crippen molar-refractivity contribution in [2.24, 2.45) is 21.7 Å². The van der Waals surface area contributed by atoms with Crippen LogP contribution < -0.4 is 32.7 Å². The first-order chi connectivity index (χ1) is 37.7. The third kappa shape index (κ3) is 30.4. The van der Waals surface area contributed by atoms with Gasteiger partial charge in [-0.05, 0) is 97.4 Å². The molecule has 4 amide bonds. The fourth-order valence-corrected chi connectivity index (χ4v) is 6.09. The molecule has 0 aliphatic carbocycles.